The molecule has 1 aliphatic rings. The molecule has 0 aromatic heterocycles. The minimum absolute atomic E-state index is 0.128. The molecule has 0 unspecified atom stereocenters. The molecule has 1 aliphatic carbocycles. The molecule has 0 atom stereocenters. The highest BCUT2D eigenvalue weighted by Gasteiger charge is 2.27. The Morgan fingerprint density at radius 1 is 1.17 bits per heavy atom. The zero-order valence-electron chi connectivity index (χ0n) is 15.0. The third kappa shape index (κ3) is 8.53. The lowest BCUT2D eigenvalue weighted by atomic mass is 9.81. The molecule has 5 heteroatoms. The van der Waals surface area contributed by atoms with Crippen molar-refractivity contribution in [1.29, 1.82) is 0 Å². The molecule has 0 bridgehead atoms. The molecule has 5 nitrogen and oxygen atoms in total. The van der Waals surface area contributed by atoms with Crippen LogP contribution in [0.4, 0.5) is 0 Å². The lowest BCUT2D eigenvalue weighted by Gasteiger charge is -2.30. The van der Waals surface area contributed by atoms with Crippen molar-refractivity contribution >= 4 is 18.1 Å². The Balaban J connectivity index is 0.00000232. The van der Waals surface area contributed by atoms with Crippen LogP contribution in [-0.4, -0.2) is 43.1 Å². The monoisotopic (exact) mass is 324 g/mol. The number of nitrogens with one attached hydrogen (secondary N) is 1. The first-order chi connectivity index (χ1) is 11.1. The van der Waals surface area contributed by atoms with Crippen LogP contribution in [0.5, 0.6) is 0 Å². The van der Waals surface area contributed by atoms with E-state index in [1.807, 2.05) is 20.8 Å². The summed E-state index contributed by atoms with van der Waals surface area (Å²) >= 11 is 0. The molecule has 0 aliphatic heterocycles. The SMILES string of the molecule is CC.CCCNC(=O)C1CCC(CN(C)C(=O)/C=C\C=O)CC1. The number of aldehydes is 1. The number of carbonyl (C=O) groups is 3. The number of hydrogen-bond acceptors (Lipinski definition) is 3. The van der Waals surface area contributed by atoms with Crippen molar-refractivity contribution in [2.75, 3.05) is 20.1 Å². The average Bonchev–Trinajstić information content (AvgIpc) is 2.59. The van der Waals surface area contributed by atoms with Gasteiger partial charge in [-0.2, -0.15) is 0 Å². The quantitative estimate of drug-likeness (QED) is 0.578. The molecular weight excluding hydrogens is 292 g/mol. The topological polar surface area (TPSA) is 66.5 Å². The standard InChI is InChI=1S/C16H26N2O3.C2H6/c1-3-10-17-16(21)14-8-6-13(7-9-14)12-18(2)15(20)5-4-11-19;1-2/h4-5,11,13-14H,3,6-10,12H2,1-2H3,(H,17,21);1-2H3/b5-4-;. The fraction of sp³-hybridized carbons (Fsp3) is 0.722. The number of nitrogens with zero attached hydrogens (tertiary/aromatic N) is 1. The summed E-state index contributed by atoms with van der Waals surface area (Å²) in [7, 11) is 1.75. The molecule has 0 spiro atoms. The Labute approximate surface area is 140 Å². The molecule has 23 heavy (non-hydrogen) atoms. The van der Waals surface area contributed by atoms with Crippen LogP contribution in [-0.2, 0) is 14.4 Å². The van der Waals surface area contributed by atoms with Gasteiger partial charge < -0.3 is 10.2 Å². The second-order valence-electron chi connectivity index (χ2n) is 5.72. The number of hydrogen-bond donors (Lipinski definition) is 1. The van der Waals surface area contributed by atoms with E-state index in [0.717, 1.165) is 38.6 Å². The van der Waals surface area contributed by atoms with Crippen molar-refractivity contribution in [2.45, 2.75) is 52.9 Å². The Hall–Kier alpha value is -1.65. The van der Waals surface area contributed by atoms with Gasteiger partial charge in [0.05, 0.1) is 0 Å². The summed E-state index contributed by atoms with van der Waals surface area (Å²) in [4.78, 5) is 35.4. The van der Waals surface area contributed by atoms with Gasteiger partial charge in [0.2, 0.25) is 11.8 Å². The van der Waals surface area contributed by atoms with Gasteiger partial charge in [-0.3, -0.25) is 14.4 Å². The molecule has 0 radical (unpaired) electrons. The molecule has 0 aromatic carbocycles. The van der Waals surface area contributed by atoms with E-state index in [0.29, 0.717) is 18.7 Å². The largest absolute Gasteiger partial charge is 0.356 e. The van der Waals surface area contributed by atoms with Gasteiger partial charge in [-0.05, 0) is 44.1 Å². The summed E-state index contributed by atoms with van der Waals surface area (Å²) in [5.41, 5.74) is 0. The minimum atomic E-state index is -0.148. The lowest BCUT2D eigenvalue weighted by molar-refractivity contribution is -0.128. The van der Waals surface area contributed by atoms with Crippen LogP contribution < -0.4 is 5.32 Å². The highest BCUT2D eigenvalue weighted by atomic mass is 16.2. The summed E-state index contributed by atoms with van der Waals surface area (Å²) in [5, 5.41) is 2.95. The van der Waals surface area contributed by atoms with Crippen molar-refractivity contribution in [1.82, 2.24) is 10.2 Å². The molecule has 0 heterocycles. The van der Waals surface area contributed by atoms with Crippen molar-refractivity contribution in [3.63, 3.8) is 0 Å². The Bertz CT molecular complexity index is 386. The van der Waals surface area contributed by atoms with Gasteiger partial charge in [-0.1, -0.05) is 20.8 Å². The number of likely N-dealkylation sites (N-methyl/N-ethyl adjacent to an activating group) is 1. The van der Waals surface area contributed by atoms with Gasteiger partial charge in [0.1, 0.15) is 6.29 Å². The highest BCUT2D eigenvalue weighted by Crippen LogP contribution is 2.29. The normalized spacial score (nSPS) is 20.3. The van der Waals surface area contributed by atoms with Crippen molar-refractivity contribution < 1.29 is 14.4 Å². The minimum Gasteiger partial charge on any atom is -0.356 e. The van der Waals surface area contributed by atoms with Crippen LogP contribution in [0.15, 0.2) is 12.2 Å². The smallest absolute Gasteiger partial charge is 0.246 e. The molecule has 1 saturated carbocycles. The molecule has 1 rings (SSSR count). The summed E-state index contributed by atoms with van der Waals surface area (Å²) < 4.78 is 0. The number of allylic oxidation sites excluding steroid dienone is 1. The van der Waals surface area contributed by atoms with Crippen LogP contribution in [0, 0.1) is 11.8 Å². The zero-order valence-corrected chi connectivity index (χ0v) is 15.0. The first-order valence-electron chi connectivity index (χ1n) is 8.73. The van der Waals surface area contributed by atoms with Crippen LogP contribution >= 0.6 is 0 Å². The summed E-state index contributed by atoms with van der Waals surface area (Å²) in [6, 6.07) is 0. The molecule has 1 N–H and O–H groups in total. The van der Waals surface area contributed by atoms with Crippen LogP contribution in [0.3, 0.4) is 0 Å². The van der Waals surface area contributed by atoms with Gasteiger partial charge in [0.25, 0.3) is 0 Å². The number of amides is 2. The summed E-state index contributed by atoms with van der Waals surface area (Å²) in [6.45, 7) is 7.48. The third-order valence-electron chi connectivity index (χ3n) is 3.99. The fourth-order valence-electron chi connectivity index (χ4n) is 2.73. The Kier molecular flexibility index (Phi) is 11.9. The maximum Gasteiger partial charge on any atom is 0.246 e. The van der Waals surface area contributed by atoms with Gasteiger partial charge in [-0.15, -0.1) is 0 Å². The number of carbonyl (C=O) groups excluding carboxylic acids is 3. The van der Waals surface area contributed by atoms with E-state index in [1.54, 1.807) is 11.9 Å². The molecular formula is C18H32N2O3. The summed E-state index contributed by atoms with van der Waals surface area (Å²) in [6.07, 6.45) is 7.80. The average molecular weight is 324 g/mol. The van der Waals surface area contributed by atoms with Gasteiger partial charge in [-0.25, -0.2) is 0 Å². The van der Waals surface area contributed by atoms with Gasteiger partial charge in [0.15, 0.2) is 0 Å². The highest BCUT2D eigenvalue weighted by molar-refractivity contribution is 5.90. The predicted molar refractivity (Wildman–Crippen MR) is 92.9 cm³/mol. The molecule has 132 valence electrons. The van der Waals surface area contributed by atoms with Gasteiger partial charge in [0, 0.05) is 32.1 Å². The first kappa shape index (κ1) is 21.4. The molecule has 1 fully saturated rings. The maximum atomic E-state index is 11.9. The lowest BCUT2D eigenvalue weighted by Crippen LogP contribution is -2.36. The first-order valence-corrected chi connectivity index (χ1v) is 8.73. The molecule has 0 aromatic rings. The van der Waals surface area contributed by atoms with E-state index < -0.39 is 0 Å². The van der Waals surface area contributed by atoms with Crippen molar-refractivity contribution in [2.24, 2.45) is 11.8 Å². The Morgan fingerprint density at radius 2 is 1.78 bits per heavy atom. The van der Waals surface area contributed by atoms with Crippen LogP contribution in [0.2, 0.25) is 0 Å². The van der Waals surface area contributed by atoms with Crippen molar-refractivity contribution in [3.8, 4) is 0 Å². The summed E-state index contributed by atoms with van der Waals surface area (Å²) in [5.74, 6) is 0.598. The number of rotatable bonds is 7. The van der Waals surface area contributed by atoms with E-state index in [2.05, 4.69) is 5.32 Å². The van der Waals surface area contributed by atoms with E-state index in [-0.39, 0.29) is 17.7 Å². The maximum absolute atomic E-state index is 11.9. The fourth-order valence-corrected chi connectivity index (χ4v) is 2.73. The van der Waals surface area contributed by atoms with Gasteiger partial charge >= 0.3 is 0 Å². The predicted octanol–water partition coefficient (Wildman–Crippen LogP) is 2.56. The van der Waals surface area contributed by atoms with Crippen molar-refractivity contribution in [3.05, 3.63) is 12.2 Å². The van der Waals surface area contributed by atoms with Crippen LogP contribution in [0.1, 0.15) is 52.9 Å². The van der Waals surface area contributed by atoms with E-state index in [1.165, 1.54) is 12.2 Å². The van der Waals surface area contributed by atoms with E-state index in [9.17, 15) is 14.4 Å². The second-order valence-corrected chi connectivity index (χ2v) is 5.72. The third-order valence-corrected chi connectivity index (χ3v) is 3.99. The molecule has 0 saturated heterocycles. The van der Waals surface area contributed by atoms with Crippen LogP contribution in [0.25, 0.3) is 0 Å². The second kappa shape index (κ2) is 12.9. The molecule has 2 amide bonds. The zero-order chi connectivity index (χ0) is 17.7. The Morgan fingerprint density at radius 3 is 2.30 bits per heavy atom. The van der Waals surface area contributed by atoms with E-state index in [4.69, 9.17) is 0 Å². The van der Waals surface area contributed by atoms with E-state index >= 15 is 0 Å².